The largest absolute Gasteiger partial charge is 0.496 e. The van der Waals surface area contributed by atoms with Gasteiger partial charge in [0.1, 0.15) is 5.75 Å². The molecule has 0 aliphatic rings. The first kappa shape index (κ1) is 12.5. The van der Waals surface area contributed by atoms with Gasteiger partial charge in [0.2, 0.25) is 0 Å². The number of methoxy groups -OCH3 is 1. The van der Waals surface area contributed by atoms with Gasteiger partial charge < -0.3 is 10.1 Å². The molecule has 0 atom stereocenters. The standard InChI is InChI=1S/C16H19NO/c1-11-8-15(16(18-4)9-12(11)2)13-6-5-7-14(10-13)17-3/h5-10,17H,1-4H3. The van der Waals surface area contributed by atoms with E-state index in [0.29, 0.717) is 0 Å². The summed E-state index contributed by atoms with van der Waals surface area (Å²) in [6.07, 6.45) is 0. The highest BCUT2D eigenvalue weighted by molar-refractivity contribution is 5.74. The fraction of sp³-hybridized carbons (Fsp3) is 0.250. The first-order valence-corrected chi connectivity index (χ1v) is 6.09. The lowest BCUT2D eigenvalue weighted by Gasteiger charge is -2.13. The molecule has 0 heterocycles. The van der Waals surface area contributed by atoms with E-state index in [1.807, 2.05) is 7.05 Å². The maximum absolute atomic E-state index is 5.49. The molecule has 2 nitrogen and oxygen atoms in total. The molecule has 0 saturated carbocycles. The molecule has 94 valence electrons. The van der Waals surface area contributed by atoms with E-state index in [1.165, 1.54) is 16.7 Å². The van der Waals surface area contributed by atoms with Crippen LogP contribution in [0.5, 0.6) is 5.75 Å². The van der Waals surface area contributed by atoms with Crippen LogP contribution in [0.3, 0.4) is 0 Å². The average molecular weight is 241 g/mol. The van der Waals surface area contributed by atoms with Gasteiger partial charge >= 0.3 is 0 Å². The fourth-order valence-electron chi connectivity index (χ4n) is 2.03. The van der Waals surface area contributed by atoms with Crippen molar-refractivity contribution in [3.63, 3.8) is 0 Å². The third-order valence-corrected chi connectivity index (χ3v) is 3.28. The lowest BCUT2D eigenvalue weighted by molar-refractivity contribution is 0.416. The lowest BCUT2D eigenvalue weighted by atomic mass is 9.99. The summed E-state index contributed by atoms with van der Waals surface area (Å²) < 4.78 is 5.49. The maximum atomic E-state index is 5.49. The Kier molecular flexibility index (Phi) is 3.56. The Hall–Kier alpha value is -1.96. The van der Waals surface area contributed by atoms with Gasteiger partial charge in [-0.3, -0.25) is 0 Å². The van der Waals surface area contributed by atoms with Crippen LogP contribution in [0.4, 0.5) is 5.69 Å². The van der Waals surface area contributed by atoms with Crippen molar-refractivity contribution in [2.24, 2.45) is 0 Å². The summed E-state index contributed by atoms with van der Waals surface area (Å²) in [7, 11) is 3.65. The zero-order valence-corrected chi connectivity index (χ0v) is 11.4. The molecular weight excluding hydrogens is 222 g/mol. The SMILES string of the molecule is CNc1cccc(-c2cc(C)c(C)cc2OC)c1. The molecule has 0 unspecified atom stereocenters. The Labute approximate surface area is 109 Å². The Bertz CT molecular complexity index is 561. The summed E-state index contributed by atoms with van der Waals surface area (Å²) in [6.45, 7) is 4.23. The summed E-state index contributed by atoms with van der Waals surface area (Å²) in [4.78, 5) is 0. The molecule has 0 fully saturated rings. The first-order chi connectivity index (χ1) is 8.65. The van der Waals surface area contributed by atoms with Gasteiger partial charge in [-0.2, -0.15) is 0 Å². The second-order valence-corrected chi connectivity index (χ2v) is 4.47. The molecule has 0 radical (unpaired) electrons. The minimum absolute atomic E-state index is 0.923. The predicted molar refractivity (Wildman–Crippen MR) is 77.5 cm³/mol. The van der Waals surface area contributed by atoms with Crippen LogP contribution < -0.4 is 10.1 Å². The van der Waals surface area contributed by atoms with Crippen molar-refractivity contribution < 1.29 is 4.74 Å². The van der Waals surface area contributed by atoms with E-state index >= 15 is 0 Å². The van der Waals surface area contributed by atoms with Gasteiger partial charge in [-0.25, -0.2) is 0 Å². The number of anilines is 1. The zero-order chi connectivity index (χ0) is 13.1. The number of ether oxygens (including phenoxy) is 1. The highest BCUT2D eigenvalue weighted by atomic mass is 16.5. The van der Waals surface area contributed by atoms with Crippen LogP contribution >= 0.6 is 0 Å². The minimum atomic E-state index is 0.923. The Morgan fingerprint density at radius 2 is 1.72 bits per heavy atom. The van der Waals surface area contributed by atoms with Crippen LogP contribution in [0, 0.1) is 13.8 Å². The Morgan fingerprint density at radius 1 is 1.00 bits per heavy atom. The van der Waals surface area contributed by atoms with Gasteiger partial charge in [0.25, 0.3) is 0 Å². The van der Waals surface area contributed by atoms with Crippen LogP contribution in [0.1, 0.15) is 11.1 Å². The fourth-order valence-corrected chi connectivity index (χ4v) is 2.03. The van der Waals surface area contributed by atoms with Crippen molar-refractivity contribution in [3.8, 4) is 16.9 Å². The van der Waals surface area contributed by atoms with E-state index in [1.54, 1.807) is 7.11 Å². The summed E-state index contributed by atoms with van der Waals surface area (Å²) in [5.74, 6) is 0.923. The van der Waals surface area contributed by atoms with Gasteiger partial charge in [-0.15, -0.1) is 0 Å². The second kappa shape index (κ2) is 5.13. The van der Waals surface area contributed by atoms with Gasteiger partial charge in [-0.05, 0) is 54.8 Å². The number of aryl methyl sites for hydroxylation is 2. The molecule has 2 aromatic carbocycles. The molecule has 0 amide bonds. The van der Waals surface area contributed by atoms with Crippen LogP contribution in [0.15, 0.2) is 36.4 Å². The van der Waals surface area contributed by atoms with Crippen molar-refractivity contribution in [1.82, 2.24) is 0 Å². The van der Waals surface area contributed by atoms with E-state index < -0.39 is 0 Å². The topological polar surface area (TPSA) is 21.3 Å². The molecule has 0 aromatic heterocycles. The summed E-state index contributed by atoms with van der Waals surface area (Å²) in [6, 6.07) is 12.6. The smallest absolute Gasteiger partial charge is 0.126 e. The van der Waals surface area contributed by atoms with Gasteiger partial charge in [-0.1, -0.05) is 12.1 Å². The van der Waals surface area contributed by atoms with Gasteiger partial charge in [0.05, 0.1) is 7.11 Å². The average Bonchev–Trinajstić information content (AvgIpc) is 2.41. The van der Waals surface area contributed by atoms with E-state index in [-0.39, 0.29) is 0 Å². The minimum Gasteiger partial charge on any atom is -0.496 e. The third-order valence-electron chi connectivity index (χ3n) is 3.28. The second-order valence-electron chi connectivity index (χ2n) is 4.47. The molecule has 0 aliphatic heterocycles. The maximum Gasteiger partial charge on any atom is 0.126 e. The third kappa shape index (κ3) is 2.33. The van der Waals surface area contributed by atoms with E-state index in [2.05, 4.69) is 55.6 Å². The lowest BCUT2D eigenvalue weighted by Crippen LogP contribution is -1.93. The molecule has 0 aliphatic carbocycles. The predicted octanol–water partition coefficient (Wildman–Crippen LogP) is 4.02. The van der Waals surface area contributed by atoms with Crippen molar-refractivity contribution in [3.05, 3.63) is 47.5 Å². The molecular formula is C16H19NO. The molecule has 2 aromatic rings. The highest BCUT2D eigenvalue weighted by Gasteiger charge is 2.08. The number of benzene rings is 2. The summed E-state index contributed by atoms with van der Waals surface area (Å²) >= 11 is 0. The van der Waals surface area contributed by atoms with Crippen molar-refractivity contribution in [1.29, 1.82) is 0 Å². The van der Waals surface area contributed by atoms with Crippen LogP contribution in [-0.4, -0.2) is 14.2 Å². The monoisotopic (exact) mass is 241 g/mol. The Balaban J connectivity index is 2.58. The molecule has 0 saturated heterocycles. The van der Waals surface area contributed by atoms with E-state index in [9.17, 15) is 0 Å². The Morgan fingerprint density at radius 3 is 2.39 bits per heavy atom. The molecule has 2 rings (SSSR count). The van der Waals surface area contributed by atoms with Crippen LogP contribution in [-0.2, 0) is 0 Å². The number of hydrogen-bond donors (Lipinski definition) is 1. The van der Waals surface area contributed by atoms with Crippen molar-refractivity contribution in [2.75, 3.05) is 19.5 Å². The van der Waals surface area contributed by atoms with Gasteiger partial charge in [0, 0.05) is 18.3 Å². The number of hydrogen-bond acceptors (Lipinski definition) is 2. The first-order valence-electron chi connectivity index (χ1n) is 6.09. The normalized spacial score (nSPS) is 10.2. The van der Waals surface area contributed by atoms with E-state index in [0.717, 1.165) is 17.0 Å². The molecule has 18 heavy (non-hydrogen) atoms. The van der Waals surface area contributed by atoms with Crippen LogP contribution in [0.2, 0.25) is 0 Å². The quantitative estimate of drug-likeness (QED) is 0.876. The van der Waals surface area contributed by atoms with Crippen molar-refractivity contribution >= 4 is 5.69 Å². The highest BCUT2D eigenvalue weighted by Crippen LogP contribution is 2.33. The molecule has 2 heteroatoms. The van der Waals surface area contributed by atoms with Crippen LogP contribution in [0.25, 0.3) is 11.1 Å². The molecule has 1 N–H and O–H groups in total. The summed E-state index contributed by atoms with van der Waals surface area (Å²) in [5.41, 5.74) is 5.94. The van der Waals surface area contributed by atoms with Gasteiger partial charge in [0.15, 0.2) is 0 Å². The van der Waals surface area contributed by atoms with Crippen molar-refractivity contribution in [2.45, 2.75) is 13.8 Å². The number of rotatable bonds is 3. The number of nitrogens with one attached hydrogen (secondary N) is 1. The zero-order valence-electron chi connectivity index (χ0n) is 11.4. The summed E-state index contributed by atoms with van der Waals surface area (Å²) in [5, 5.41) is 3.16. The molecule has 0 spiro atoms. The molecule has 0 bridgehead atoms. The van der Waals surface area contributed by atoms with E-state index in [4.69, 9.17) is 4.74 Å².